The van der Waals surface area contributed by atoms with Crippen molar-refractivity contribution in [2.75, 3.05) is 13.2 Å². The molecule has 0 aliphatic carbocycles. The van der Waals surface area contributed by atoms with E-state index >= 15 is 0 Å². The summed E-state index contributed by atoms with van der Waals surface area (Å²) in [7, 11) is 0. The Bertz CT molecular complexity index is 439. The molecule has 0 amide bonds. The molecule has 1 rings (SSSR count). The molecule has 5 heteroatoms. The van der Waals surface area contributed by atoms with Crippen LogP contribution < -0.4 is 4.74 Å². The van der Waals surface area contributed by atoms with Crippen molar-refractivity contribution in [2.24, 2.45) is 0 Å². The van der Waals surface area contributed by atoms with Crippen LogP contribution in [-0.2, 0) is 16.0 Å². The number of benzene rings is 1. The monoisotopic (exact) mass is 252 g/mol. The summed E-state index contributed by atoms with van der Waals surface area (Å²) in [6, 6.07) is 4.87. The maximum atomic E-state index is 11.2. The third-order valence-electron chi connectivity index (χ3n) is 2.35. The number of para-hydroxylation sites is 1. The summed E-state index contributed by atoms with van der Waals surface area (Å²) in [4.78, 5) is 22.3. The van der Waals surface area contributed by atoms with Crippen molar-refractivity contribution in [3.05, 3.63) is 29.3 Å². The van der Waals surface area contributed by atoms with Crippen LogP contribution in [0.3, 0.4) is 0 Å². The smallest absolute Gasteiger partial charge is 0.344 e. The zero-order valence-corrected chi connectivity index (χ0v) is 10.4. The van der Waals surface area contributed by atoms with Crippen LogP contribution in [0.4, 0.5) is 0 Å². The average Bonchev–Trinajstić information content (AvgIpc) is 2.36. The number of rotatable bonds is 6. The Balaban J connectivity index is 2.91. The lowest BCUT2D eigenvalue weighted by molar-refractivity contribution is -0.145. The van der Waals surface area contributed by atoms with E-state index in [1.807, 2.05) is 6.92 Å². The topological polar surface area (TPSA) is 72.8 Å². The number of hydrogen-bond acceptors (Lipinski definition) is 4. The van der Waals surface area contributed by atoms with E-state index in [9.17, 15) is 9.59 Å². The molecule has 5 nitrogen and oxygen atoms in total. The molecule has 0 heterocycles. The lowest BCUT2D eigenvalue weighted by Crippen LogP contribution is -2.16. The number of esters is 1. The van der Waals surface area contributed by atoms with Gasteiger partial charge in [-0.2, -0.15) is 0 Å². The van der Waals surface area contributed by atoms with Gasteiger partial charge in [-0.3, -0.25) is 0 Å². The molecule has 1 aromatic rings. The van der Waals surface area contributed by atoms with Crippen molar-refractivity contribution in [2.45, 2.75) is 20.3 Å². The van der Waals surface area contributed by atoms with Gasteiger partial charge in [0, 0.05) is 0 Å². The molecule has 0 fully saturated rings. The van der Waals surface area contributed by atoms with E-state index in [1.165, 1.54) is 6.07 Å². The van der Waals surface area contributed by atoms with Crippen LogP contribution in [0.1, 0.15) is 29.8 Å². The molecule has 0 spiro atoms. The number of carboxylic acids is 1. The van der Waals surface area contributed by atoms with E-state index in [0.717, 1.165) is 5.56 Å². The van der Waals surface area contributed by atoms with Crippen LogP contribution in [0.2, 0.25) is 0 Å². The predicted octanol–water partition coefficient (Wildman–Crippen LogP) is 1.89. The van der Waals surface area contributed by atoms with E-state index in [0.29, 0.717) is 6.42 Å². The molecule has 1 N–H and O–H groups in total. The highest BCUT2D eigenvalue weighted by Crippen LogP contribution is 2.24. The SMILES string of the molecule is CCOC(=O)COc1c(CC)cccc1C(=O)O. The van der Waals surface area contributed by atoms with Gasteiger partial charge in [-0.15, -0.1) is 0 Å². The molecule has 1 aromatic carbocycles. The van der Waals surface area contributed by atoms with Crippen molar-refractivity contribution in [1.29, 1.82) is 0 Å². The van der Waals surface area contributed by atoms with Crippen molar-refractivity contribution >= 4 is 11.9 Å². The molecule has 0 aliphatic heterocycles. The van der Waals surface area contributed by atoms with Gasteiger partial charge in [0.05, 0.1) is 6.61 Å². The standard InChI is InChI=1S/C13H16O5/c1-3-9-6-5-7-10(13(15)16)12(9)18-8-11(14)17-4-2/h5-7H,3-4,8H2,1-2H3,(H,15,16). The molecular formula is C13H16O5. The highest BCUT2D eigenvalue weighted by molar-refractivity contribution is 5.91. The van der Waals surface area contributed by atoms with Gasteiger partial charge in [0.15, 0.2) is 6.61 Å². The van der Waals surface area contributed by atoms with E-state index in [2.05, 4.69) is 0 Å². The fourth-order valence-corrected chi connectivity index (χ4v) is 1.54. The molecule has 98 valence electrons. The fraction of sp³-hybridized carbons (Fsp3) is 0.385. The van der Waals surface area contributed by atoms with Crippen LogP contribution in [0, 0.1) is 0 Å². The van der Waals surface area contributed by atoms with Crippen molar-refractivity contribution in [1.82, 2.24) is 0 Å². The first-order valence-corrected chi connectivity index (χ1v) is 5.73. The molecule has 0 aromatic heterocycles. The molecule has 0 radical (unpaired) electrons. The van der Waals surface area contributed by atoms with E-state index in [1.54, 1.807) is 19.1 Å². The number of carbonyl (C=O) groups is 2. The van der Waals surface area contributed by atoms with E-state index < -0.39 is 11.9 Å². The normalized spacial score (nSPS) is 9.89. The molecule has 0 unspecified atom stereocenters. The summed E-state index contributed by atoms with van der Waals surface area (Å²) < 4.78 is 10.0. The third-order valence-corrected chi connectivity index (χ3v) is 2.35. The first-order valence-electron chi connectivity index (χ1n) is 5.73. The summed E-state index contributed by atoms with van der Waals surface area (Å²) in [6.07, 6.45) is 0.624. The van der Waals surface area contributed by atoms with Gasteiger partial charge in [0.2, 0.25) is 0 Å². The predicted molar refractivity (Wildman–Crippen MR) is 64.9 cm³/mol. The van der Waals surface area contributed by atoms with E-state index in [-0.39, 0.29) is 24.5 Å². The summed E-state index contributed by atoms with van der Waals surface area (Å²) in [5.74, 6) is -1.36. The van der Waals surface area contributed by atoms with Crippen LogP contribution in [0.15, 0.2) is 18.2 Å². The minimum absolute atomic E-state index is 0.0543. The Hall–Kier alpha value is -2.04. The summed E-state index contributed by atoms with van der Waals surface area (Å²) in [5, 5.41) is 9.06. The fourth-order valence-electron chi connectivity index (χ4n) is 1.54. The number of aromatic carboxylic acids is 1. The Kier molecular flexibility index (Phi) is 5.17. The van der Waals surface area contributed by atoms with Gasteiger partial charge in [0.1, 0.15) is 11.3 Å². The molecule has 0 aliphatic rings. The van der Waals surface area contributed by atoms with Gasteiger partial charge in [-0.05, 0) is 25.0 Å². The Morgan fingerprint density at radius 3 is 2.56 bits per heavy atom. The Morgan fingerprint density at radius 2 is 2.00 bits per heavy atom. The van der Waals surface area contributed by atoms with Gasteiger partial charge in [0.25, 0.3) is 0 Å². The van der Waals surface area contributed by atoms with Crippen molar-refractivity contribution < 1.29 is 24.2 Å². The summed E-state index contributed by atoms with van der Waals surface area (Å²) in [5.41, 5.74) is 0.804. The zero-order chi connectivity index (χ0) is 13.5. The summed E-state index contributed by atoms with van der Waals surface area (Å²) in [6.45, 7) is 3.56. The number of aryl methyl sites for hydroxylation is 1. The number of carboxylic acid groups (broad SMARTS) is 1. The highest BCUT2D eigenvalue weighted by Gasteiger charge is 2.16. The maximum absolute atomic E-state index is 11.2. The Morgan fingerprint density at radius 1 is 1.28 bits per heavy atom. The number of carbonyl (C=O) groups excluding carboxylic acids is 1. The van der Waals surface area contributed by atoms with Crippen LogP contribution >= 0.6 is 0 Å². The second-order valence-corrected chi connectivity index (χ2v) is 3.55. The lowest BCUT2D eigenvalue weighted by atomic mass is 10.1. The number of hydrogen-bond donors (Lipinski definition) is 1. The summed E-state index contributed by atoms with van der Waals surface area (Å²) >= 11 is 0. The van der Waals surface area contributed by atoms with Crippen molar-refractivity contribution in [3.63, 3.8) is 0 Å². The molecule has 0 bridgehead atoms. The largest absolute Gasteiger partial charge is 0.481 e. The second kappa shape index (κ2) is 6.64. The average molecular weight is 252 g/mol. The van der Waals surface area contributed by atoms with Gasteiger partial charge in [-0.25, -0.2) is 9.59 Å². The molecule has 0 saturated heterocycles. The molecule has 0 saturated carbocycles. The first-order chi connectivity index (χ1) is 8.60. The minimum Gasteiger partial charge on any atom is -0.481 e. The van der Waals surface area contributed by atoms with E-state index in [4.69, 9.17) is 14.6 Å². The quantitative estimate of drug-likeness (QED) is 0.783. The van der Waals surface area contributed by atoms with Gasteiger partial charge in [-0.1, -0.05) is 19.1 Å². The van der Waals surface area contributed by atoms with Crippen LogP contribution in [-0.4, -0.2) is 30.3 Å². The van der Waals surface area contributed by atoms with Crippen molar-refractivity contribution in [3.8, 4) is 5.75 Å². The maximum Gasteiger partial charge on any atom is 0.344 e. The third kappa shape index (κ3) is 3.48. The first kappa shape index (κ1) is 14.0. The van der Waals surface area contributed by atoms with Crippen LogP contribution in [0.5, 0.6) is 5.75 Å². The number of ether oxygens (including phenoxy) is 2. The van der Waals surface area contributed by atoms with Crippen LogP contribution in [0.25, 0.3) is 0 Å². The van der Waals surface area contributed by atoms with Gasteiger partial charge >= 0.3 is 11.9 Å². The molecule has 18 heavy (non-hydrogen) atoms. The lowest BCUT2D eigenvalue weighted by Gasteiger charge is -2.12. The second-order valence-electron chi connectivity index (χ2n) is 3.55. The Labute approximate surface area is 105 Å². The van der Waals surface area contributed by atoms with Gasteiger partial charge < -0.3 is 14.6 Å². The zero-order valence-electron chi connectivity index (χ0n) is 10.4. The minimum atomic E-state index is -1.08. The molecular weight excluding hydrogens is 236 g/mol. The highest BCUT2D eigenvalue weighted by atomic mass is 16.6. The molecule has 0 atom stereocenters.